The van der Waals surface area contributed by atoms with Crippen LogP contribution in [0.25, 0.3) is 22.3 Å². The first-order chi connectivity index (χ1) is 15.6. The van der Waals surface area contributed by atoms with Crippen LogP contribution in [0.3, 0.4) is 0 Å². The van der Waals surface area contributed by atoms with E-state index in [2.05, 4.69) is 20.8 Å². The van der Waals surface area contributed by atoms with Gasteiger partial charge in [-0.25, -0.2) is 0 Å². The zero-order chi connectivity index (χ0) is 23.8. The van der Waals surface area contributed by atoms with E-state index in [1.165, 1.54) is 12.1 Å². The Hall–Kier alpha value is -3.57. The zero-order valence-electron chi connectivity index (χ0n) is 18.5. The molecule has 4 aromatic rings. The predicted molar refractivity (Wildman–Crippen MR) is 127 cm³/mol. The lowest BCUT2D eigenvalue weighted by Crippen LogP contribution is -2.22. The van der Waals surface area contributed by atoms with E-state index in [0.29, 0.717) is 32.9 Å². The Morgan fingerprint density at radius 1 is 1.00 bits per heavy atom. The molecule has 0 bridgehead atoms. The van der Waals surface area contributed by atoms with Gasteiger partial charge in [-0.05, 0) is 40.3 Å². The average molecular weight is 462 g/mol. The smallest absolute Gasteiger partial charge is 0.235 e. The Balaban J connectivity index is 1.78. The Morgan fingerprint density at radius 2 is 1.67 bits per heavy atom. The van der Waals surface area contributed by atoms with Gasteiger partial charge < -0.3 is 19.1 Å². The van der Waals surface area contributed by atoms with Gasteiger partial charge in [0.2, 0.25) is 11.2 Å². The summed E-state index contributed by atoms with van der Waals surface area (Å²) in [6, 6.07) is 18.8. The molecule has 0 aliphatic heterocycles. The van der Waals surface area contributed by atoms with Gasteiger partial charge in [0.05, 0.1) is 11.4 Å². The van der Waals surface area contributed by atoms with Gasteiger partial charge in [-0.1, -0.05) is 80.9 Å². The van der Waals surface area contributed by atoms with E-state index >= 15 is 0 Å². The first-order valence-corrected chi connectivity index (χ1v) is 10.8. The molecule has 168 valence electrons. The van der Waals surface area contributed by atoms with Crippen molar-refractivity contribution in [3.05, 3.63) is 98.7 Å². The molecule has 33 heavy (non-hydrogen) atoms. The molecule has 0 unspecified atom stereocenters. The van der Waals surface area contributed by atoms with Crippen molar-refractivity contribution in [2.45, 2.75) is 32.8 Å². The summed E-state index contributed by atoms with van der Waals surface area (Å²) in [5.41, 5.74) is 2.68. The molecule has 1 heterocycles. The van der Waals surface area contributed by atoms with Crippen LogP contribution < -0.4 is 15.3 Å². The van der Waals surface area contributed by atoms with E-state index in [1.807, 2.05) is 24.3 Å². The minimum Gasteiger partial charge on any atom is -0.545 e. The summed E-state index contributed by atoms with van der Waals surface area (Å²) in [5.74, 6) is -0.866. The van der Waals surface area contributed by atoms with Crippen LogP contribution in [-0.2, 0) is 12.0 Å². The van der Waals surface area contributed by atoms with Crippen molar-refractivity contribution >= 4 is 28.5 Å². The Kier molecular flexibility index (Phi) is 6.00. The average Bonchev–Trinajstić information content (AvgIpc) is 2.78. The number of halogens is 1. The molecule has 3 aromatic carbocycles. The van der Waals surface area contributed by atoms with Crippen LogP contribution in [0.2, 0.25) is 5.02 Å². The van der Waals surface area contributed by atoms with Crippen molar-refractivity contribution in [2.24, 2.45) is 0 Å². The number of ether oxygens (including phenoxy) is 1. The van der Waals surface area contributed by atoms with E-state index in [0.717, 1.165) is 5.56 Å². The van der Waals surface area contributed by atoms with Crippen molar-refractivity contribution in [1.29, 1.82) is 0 Å². The fraction of sp³-hybridized carbons (Fsp3) is 0.185. The molecular weight excluding hydrogens is 440 g/mol. The van der Waals surface area contributed by atoms with Crippen molar-refractivity contribution in [2.75, 3.05) is 0 Å². The van der Waals surface area contributed by atoms with Crippen LogP contribution in [0.5, 0.6) is 5.75 Å². The highest BCUT2D eigenvalue weighted by Crippen LogP contribution is 2.33. The molecule has 0 aliphatic rings. The summed E-state index contributed by atoms with van der Waals surface area (Å²) < 4.78 is 12.1. The quantitative estimate of drug-likeness (QED) is 0.400. The molecule has 0 saturated heterocycles. The number of rotatable bonds is 5. The topological polar surface area (TPSA) is 79.6 Å². The standard InChI is InChI=1S/C27H23ClO5/c1-27(2,3)19-10-8-17(9-11-19)24-25(23(29)21-14-20(28)12-13-22(21)33-24)32-15-16-4-6-18(7-5-16)26(30)31/h4-14H,15H2,1-3H3,(H,30,31)/p-1. The van der Waals surface area contributed by atoms with E-state index in [4.69, 9.17) is 20.8 Å². The molecule has 0 fully saturated rings. The highest BCUT2D eigenvalue weighted by atomic mass is 35.5. The lowest BCUT2D eigenvalue weighted by atomic mass is 9.86. The van der Waals surface area contributed by atoms with Crippen molar-refractivity contribution in [3.63, 3.8) is 0 Å². The van der Waals surface area contributed by atoms with Gasteiger partial charge >= 0.3 is 0 Å². The highest BCUT2D eigenvalue weighted by Gasteiger charge is 2.20. The van der Waals surface area contributed by atoms with Crippen LogP contribution in [0, 0.1) is 0 Å². The summed E-state index contributed by atoms with van der Waals surface area (Å²) in [6.45, 7) is 6.43. The molecule has 0 radical (unpaired) electrons. The SMILES string of the molecule is CC(C)(C)c1ccc(-c2oc3ccc(Cl)cc3c(=O)c2OCc2ccc(C(=O)[O-])cc2)cc1. The van der Waals surface area contributed by atoms with Crippen LogP contribution in [0.1, 0.15) is 42.3 Å². The highest BCUT2D eigenvalue weighted by molar-refractivity contribution is 6.31. The first kappa shape index (κ1) is 22.6. The van der Waals surface area contributed by atoms with Crippen molar-refractivity contribution in [3.8, 4) is 17.1 Å². The fourth-order valence-corrected chi connectivity index (χ4v) is 3.66. The lowest BCUT2D eigenvalue weighted by molar-refractivity contribution is -0.255. The third-order valence-electron chi connectivity index (χ3n) is 5.40. The zero-order valence-corrected chi connectivity index (χ0v) is 19.2. The molecule has 4 rings (SSSR count). The van der Waals surface area contributed by atoms with E-state index in [9.17, 15) is 14.7 Å². The van der Waals surface area contributed by atoms with E-state index in [-0.39, 0.29) is 28.8 Å². The molecule has 0 atom stereocenters. The summed E-state index contributed by atoms with van der Waals surface area (Å²) in [6.07, 6.45) is 0. The third-order valence-corrected chi connectivity index (χ3v) is 5.63. The van der Waals surface area contributed by atoms with Crippen LogP contribution in [0.15, 0.2) is 75.9 Å². The molecule has 6 heteroatoms. The maximum Gasteiger partial charge on any atom is 0.235 e. The van der Waals surface area contributed by atoms with E-state index in [1.54, 1.807) is 30.3 Å². The number of carbonyl (C=O) groups is 1. The fourth-order valence-electron chi connectivity index (χ4n) is 3.49. The minimum atomic E-state index is -1.25. The molecule has 1 aromatic heterocycles. The monoisotopic (exact) mass is 461 g/mol. The van der Waals surface area contributed by atoms with Crippen molar-refractivity contribution < 1.29 is 19.1 Å². The number of aromatic carboxylic acids is 1. The maximum absolute atomic E-state index is 13.3. The lowest BCUT2D eigenvalue weighted by Gasteiger charge is -2.19. The molecule has 0 spiro atoms. The van der Waals surface area contributed by atoms with Gasteiger partial charge in [0.25, 0.3) is 0 Å². The minimum absolute atomic E-state index is 0.0174. The number of hydrogen-bond acceptors (Lipinski definition) is 5. The summed E-state index contributed by atoms with van der Waals surface area (Å²) in [5, 5.41) is 11.7. The van der Waals surface area contributed by atoms with Crippen molar-refractivity contribution in [1.82, 2.24) is 0 Å². The van der Waals surface area contributed by atoms with Gasteiger partial charge in [-0.2, -0.15) is 0 Å². The van der Waals surface area contributed by atoms with Crippen LogP contribution in [-0.4, -0.2) is 5.97 Å². The number of carboxylic acids is 1. The first-order valence-electron chi connectivity index (χ1n) is 10.4. The second-order valence-electron chi connectivity index (χ2n) is 8.83. The van der Waals surface area contributed by atoms with Gasteiger partial charge in [0.15, 0.2) is 5.76 Å². The summed E-state index contributed by atoms with van der Waals surface area (Å²) >= 11 is 6.10. The number of carbonyl (C=O) groups excluding carboxylic acids is 1. The Labute approximate surface area is 196 Å². The summed E-state index contributed by atoms with van der Waals surface area (Å²) in [7, 11) is 0. The largest absolute Gasteiger partial charge is 0.545 e. The van der Waals surface area contributed by atoms with E-state index < -0.39 is 5.97 Å². The second-order valence-corrected chi connectivity index (χ2v) is 9.27. The Morgan fingerprint density at radius 3 is 2.27 bits per heavy atom. The molecule has 5 nitrogen and oxygen atoms in total. The molecular formula is C27H22ClO5-. The number of hydrogen-bond donors (Lipinski definition) is 0. The number of benzene rings is 3. The van der Waals surface area contributed by atoms with Crippen LogP contribution in [0.4, 0.5) is 0 Å². The number of fused-ring (bicyclic) bond motifs is 1. The third kappa shape index (κ3) is 4.78. The van der Waals surface area contributed by atoms with Gasteiger partial charge in [0.1, 0.15) is 12.2 Å². The molecule has 0 saturated carbocycles. The molecule has 0 N–H and O–H groups in total. The van der Waals surface area contributed by atoms with Gasteiger partial charge in [0, 0.05) is 10.6 Å². The molecule has 0 aliphatic carbocycles. The second kappa shape index (κ2) is 8.75. The van der Waals surface area contributed by atoms with Gasteiger partial charge in [-0.3, -0.25) is 4.79 Å². The van der Waals surface area contributed by atoms with Crippen LogP contribution >= 0.6 is 11.6 Å². The van der Waals surface area contributed by atoms with Gasteiger partial charge in [-0.15, -0.1) is 0 Å². The maximum atomic E-state index is 13.3. The molecule has 0 amide bonds. The Bertz CT molecular complexity index is 1380. The number of carboxylic acid groups (broad SMARTS) is 1. The normalized spacial score (nSPS) is 11.5. The predicted octanol–water partition coefficient (Wildman–Crippen LogP) is 5.35. The summed E-state index contributed by atoms with van der Waals surface area (Å²) in [4.78, 5) is 24.3.